The lowest BCUT2D eigenvalue weighted by Gasteiger charge is -2.27. The summed E-state index contributed by atoms with van der Waals surface area (Å²) in [5.41, 5.74) is 0. The van der Waals surface area contributed by atoms with E-state index in [2.05, 4.69) is 4.72 Å². The standard InChI is InChI=1S/C9H17NO4S/c1-15(13,14)10-8(9(11)12)7-5-3-2-4-6-7/h7-8,10H,2-6H2,1H3,(H,11,12). The molecule has 0 spiro atoms. The van der Waals surface area contributed by atoms with Gasteiger partial charge in [-0.3, -0.25) is 4.79 Å². The van der Waals surface area contributed by atoms with Crippen LogP contribution in [0.15, 0.2) is 0 Å². The number of aliphatic carboxylic acids is 1. The number of carbonyl (C=O) groups is 1. The number of hydrogen-bond donors (Lipinski definition) is 2. The third-order valence-corrected chi connectivity index (χ3v) is 3.41. The second kappa shape index (κ2) is 4.94. The van der Waals surface area contributed by atoms with Gasteiger partial charge >= 0.3 is 5.97 Å². The van der Waals surface area contributed by atoms with Gasteiger partial charge in [-0.25, -0.2) is 13.1 Å². The van der Waals surface area contributed by atoms with Crippen molar-refractivity contribution in [1.29, 1.82) is 0 Å². The van der Waals surface area contributed by atoms with E-state index in [4.69, 9.17) is 5.11 Å². The molecule has 0 radical (unpaired) electrons. The Bertz CT molecular complexity index is 319. The van der Waals surface area contributed by atoms with Gasteiger partial charge in [0.2, 0.25) is 10.0 Å². The van der Waals surface area contributed by atoms with Gasteiger partial charge in [0.1, 0.15) is 6.04 Å². The number of carboxylic acids is 1. The summed E-state index contributed by atoms with van der Waals surface area (Å²) < 4.78 is 24.2. The van der Waals surface area contributed by atoms with Gasteiger partial charge in [-0.15, -0.1) is 0 Å². The van der Waals surface area contributed by atoms with E-state index >= 15 is 0 Å². The molecule has 5 nitrogen and oxygen atoms in total. The molecule has 2 N–H and O–H groups in total. The molecule has 1 fully saturated rings. The Morgan fingerprint density at radius 1 is 1.33 bits per heavy atom. The lowest BCUT2D eigenvalue weighted by atomic mass is 9.84. The highest BCUT2D eigenvalue weighted by atomic mass is 32.2. The van der Waals surface area contributed by atoms with E-state index in [1.807, 2.05) is 0 Å². The summed E-state index contributed by atoms with van der Waals surface area (Å²) >= 11 is 0. The first-order valence-electron chi connectivity index (χ1n) is 5.10. The lowest BCUT2D eigenvalue weighted by Crippen LogP contribution is -2.46. The predicted molar refractivity (Wildman–Crippen MR) is 56.0 cm³/mol. The summed E-state index contributed by atoms with van der Waals surface area (Å²) in [5, 5.41) is 8.96. The molecular formula is C9H17NO4S. The number of nitrogens with one attached hydrogen (secondary N) is 1. The highest BCUT2D eigenvalue weighted by molar-refractivity contribution is 7.88. The molecule has 1 rings (SSSR count). The van der Waals surface area contributed by atoms with Crippen molar-refractivity contribution < 1.29 is 18.3 Å². The van der Waals surface area contributed by atoms with E-state index in [-0.39, 0.29) is 5.92 Å². The number of sulfonamides is 1. The van der Waals surface area contributed by atoms with Gasteiger partial charge in [0, 0.05) is 0 Å². The molecule has 0 bridgehead atoms. The van der Waals surface area contributed by atoms with E-state index in [1.165, 1.54) is 0 Å². The first kappa shape index (κ1) is 12.4. The van der Waals surface area contributed by atoms with Crippen LogP contribution in [0.5, 0.6) is 0 Å². The Morgan fingerprint density at radius 3 is 2.27 bits per heavy atom. The van der Waals surface area contributed by atoms with Gasteiger partial charge in [-0.2, -0.15) is 0 Å². The highest BCUT2D eigenvalue weighted by Crippen LogP contribution is 2.26. The predicted octanol–water partition coefficient (Wildman–Crippen LogP) is 0.569. The molecule has 88 valence electrons. The van der Waals surface area contributed by atoms with Crippen molar-refractivity contribution in [3.63, 3.8) is 0 Å². The first-order valence-corrected chi connectivity index (χ1v) is 6.99. The SMILES string of the molecule is CS(=O)(=O)NC(C(=O)O)C1CCCCC1. The van der Waals surface area contributed by atoms with Crippen LogP contribution in [0.1, 0.15) is 32.1 Å². The summed E-state index contributed by atoms with van der Waals surface area (Å²) in [6.07, 6.45) is 5.66. The van der Waals surface area contributed by atoms with Crippen LogP contribution in [-0.4, -0.2) is 31.8 Å². The summed E-state index contributed by atoms with van der Waals surface area (Å²) in [6.45, 7) is 0. The average molecular weight is 235 g/mol. The Kier molecular flexibility index (Phi) is 4.10. The van der Waals surface area contributed by atoms with Crippen LogP contribution in [0, 0.1) is 5.92 Å². The largest absolute Gasteiger partial charge is 0.480 e. The molecule has 6 heteroatoms. The molecule has 1 unspecified atom stereocenters. The van der Waals surface area contributed by atoms with Gasteiger partial charge in [0.25, 0.3) is 0 Å². The van der Waals surface area contributed by atoms with Crippen molar-refractivity contribution >= 4 is 16.0 Å². The zero-order chi connectivity index (χ0) is 11.5. The number of rotatable bonds is 4. The molecule has 0 saturated heterocycles. The smallest absolute Gasteiger partial charge is 0.322 e. The van der Waals surface area contributed by atoms with Crippen LogP contribution in [0.3, 0.4) is 0 Å². The van der Waals surface area contributed by atoms with Crippen molar-refractivity contribution in [3.8, 4) is 0 Å². The summed E-state index contributed by atoms with van der Waals surface area (Å²) in [6, 6.07) is -0.958. The van der Waals surface area contributed by atoms with E-state index < -0.39 is 22.0 Å². The first-order chi connectivity index (χ1) is 6.90. The van der Waals surface area contributed by atoms with E-state index in [0.29, 0.717) is 0 Å². The van der Waals surface area contributed by atoms with Crippen LogP contribution in [0.2, 0.25) is 0 Å². The third kappa shape index (κ3) is 4.17. The monoisotopic (exact) mass is 235 g/mol. The summed E-state index contributed by atoms with van der Waals surface area (Å²) in [4.78, 5) is 10.9. The molecule has 15 heavy (non-hydrogen) atoms. The quantitative estimate of drug-likeness (QED) is 0.746. The number of carboxylic acid groups (broad SMARTS) is 1. The molecule has 0 aromatic carbocycles. The Labute approximate surface area is 89.9 Å². The zero-order valence-corrected chi connectivity index (χ0v) is 9.59. The van der Waals surface area contributed by atoms with Gasteiger partial charge in [0.15, 0.2) is 0 Å². The summed E-state index contributed by atoms with van der Waals surface area (Å²) in [7, 11) is -3.45. The maximum Gasteiger partial charge on any atom is 0.322 e. The van der Waals surface area contributed by atoms with Crippen LogP contribution >= 0.6 is 0 Å². The topological polar surface area (TPSA) is 83.5 Å². The Hall–Kier alpha value is -0.620. The molecular weight excluding hydrogens is 218 g/mol. The summed E-state index contributed by atoms with van der Waals surface area (Å²) in [5.74, 6) is -1.14. The van der Waals surface area contributed by atoms with Crippen molar-refractivity contribution in [3.05, 3.63) is 0 Å². The Balaban J connectivity index is 2.68. The molecule has 0 aliphatic heterocycles. The molecule has 1 atom stereocenters. The maximum atomic E-state index is 11.0. The minimum absolute atomic E-state index is 0.0639. The third-order valence-electron chi connectivity index (χ3n) is 2.73. The zero-order valence-electron chi connectivity index (χ0n) is 8.77. The van der Waals surface area contributed by atoms with Crippen molar-refractivity contribution in [2.45, 2.75) is 38.1 Å². The molecule has 0 heterocycles. The Morgan fingerprint density at radius 2 is 1.87 bits per heavy atom. The van der Waals surface area contributed by atoms with Gasteiger partial charge in [-0.05, 0) is 18.8 Å². The van der Waals surface area contributed by atoms with Crippen molar-refractivity contribution in [1.82, 2.24) is 4.72 Å². The van der Waals surface area contributed by atoms with Crippen molar-refractivity contribution in [2.75, 3.05) is 6.26 Å². The molecule has 1 saturated carbocycles. The molecule has 0 aromatic heterocycles. The molecule has 1 aliphatic rings. The van der Waals surface area contributed by atoms with E-state index in [1.54, 1.807) is 0 Å². The van der Waals surface area contributed by atoms with Gasteiger partial charge < -0.3 is 5.11 Å². The molecule has 0 amide bonds. The minimum Gasteiger partial charge on any atom is -0.480 e. The lowest BCUT2D eigenvalue weighted by molar-refractivity contribution is -0.140. The average Bonchev–Trinajstić information content (AvgIpc) is 2.14. The van der Waals surface area contributed by atoms with Crippen LogP contribution in [0.25, 0.3) is 0 Å². The highest BCUT2D eigenvalue weighted by Gasteiger charge is 2.31. The number of hydrogen-bond acceptors (Lipinski definition) is 3. The van der Waals surface area contributed by atoms with Crippen LogP contribution in [-0.2, 0) is 14.8 Å². The van der Waals surface area contributed by atoms with E-state index in [9.17, 15) is 13.2 Å². The van der Waals surface area contributed by atoms with Crippen LogP contribution in [0.4, 0.5) is 0 Å². The second-order valence-corrected chi connectivity index (χ2v) is 5.88. The fourth-order valence-corrected chi connectivity index (χ4v) is 2.80. The fraction of sp³-hybridized carbons (Fsp3) is 0.889. The van der Waals surface area contributed by atoms with Crippen molar-refractivity contribution in [2.24, 2.45) is 5.92 Å². The fourth-order valence-electron chi connectivity index (χ4n) is 2.05. The normalized spacial score (nSPS) is 21.1. The second-order valence-electron chi connectivity index (χ2n) is 4.10. The van der Waals surface area contributed by atoms with Gasteiger partial charge in [0.05, 0.1) is 6.26 Å². The van der Waals surface area contributed by atoms with Crippen LogP contribution < -0.4 is 4.72 Å². The molecule has 1 aliphatic carbocycles. The van der Waals surface area contributed by atoms with Gasteiger partial charge in [-0.1, -0.05) is 19.3 Å². The molecule has 0 aromatic rings. The van der Waals surface area contributed by atoms with E-state index in [0.717, 1.165) is 38.4 Å². The minimum atomic E-state index is -3.45. The maximum absolute atomic E-state index is 11.0.